The van der Waals surface area contributed by atoms with Gasteiger partial charge in [0.2, 0.25) is 5.91 Å². The van der Waals surface area contributed by atoms with E-state index < -0.39 is 0 Å². The number of rotatable bonds is 6. The predicted octanol–water partition coefficient (Wildman–Crippen LogP) is 0.889. The molecule has 0 aromatic carbocycles. The van der Waals surface area contributed by atoms with Gasteiger partial charge in [-0.2, -0.15) is 0 Å². The molecule has 1 aromatic heterocycles. The van der Waals surface area contributed by atoms with Crippen LogP contribution in [0.15, 0.2) is 0 Å². The Kier molecular flexibility index (Phi) is 5.68. The minimum Gasteiger partial charge on any atom is -0.383 e. The zero-order valence-corrected chi connectivity index (χ0v) is 15.6. The van der Waals surface area contributed by atoms with Crippen LogP contribution in [0.5, 0.6) is 0 Å². The molecule has 1 saturated carbocycles. The third kappa shape index (κ3) is 3.55. The van der Waals surface area contributed by atoms with Crippen LogP contribution in [0.4, 0.5) is 0 Å². The van der Waals surface area contributed by atoms with Gasteiger partial charge < -0.3 is 9.64 Å². The lowest BCUT2D eigenvalue weighted by Crippen LogP contribution is -2.47. The van der Waals surface area contributed by atoms with E-state index in [1.54, 1.807) is 7.11 Å². The predicted molar refractivity (Wildman–Crippen MR) is 92.8 cm³/mol. The molecule has 1 saturated heterocycles. The maximum Gasteiger partial charge on any atom is 0.225 e. The average Bonchev–Trinajstić information content (AvgIpc) is 3.27. The first-order chi connectivity index (χ1) is 12.1. The van der Waals surface area contributed by atoms with Crippen molar-refractivity contribution in [3.8, 4) is 0 Å². The van der Waals surface area contributed by atoms with E-state index in [9.17, 15) is 4.79 Å². The molecular weight excluding hydrogens is 320 g/mol. The minimum absolute atomic E-state index is 0.205. The molecule has 1 amide bonds. The molecule has 1 aliphatic carbocycles. The van der Waals surface area contributed by atoms with Gasteiger partial charge in [0.25, 0.3) is 0 Å². The smallest absolute Gasteiger partial charge is 0.225 e. The van der Waals surface area contributed by atoms with Crippen LogP contribution in [0.3, 0.4) is 0 Å². The second-order valence-corrected chi connectivity index (χ2v) is 7.49. The van der Waals surface area contributed by atoms with Crippen LogP contribution in [0.2, 0.25) is 0 Å². The molecule has 1 unspecified atom stereocenters. The van der Waals surface area contributed by atoms with E-state index in [4.69, 9.17) is 4.74 Å². The van der Waals surface area contributed by atoms with Crippen molar-refractivity contribution in [1.82, 2.24) is 30.0 Å². The van der Waals surface area contributed by atoms with E-state index in [2.05, 4.69) is 20.4 Å². The van der Waals surface area contributed by atoms with Crippen LogP contribution in [0.1, 0.15) is 44.3 Å². The van der Waals surface area contributed by atoms with Crippen molar-refractivity contribution in [1.29, 1.82) is 0 Å². The number of amides is 1. The van der Waals surface area contributed by atoms with Gasteiger partial charge in [-0.3, -0.25) is 9.69 Å². The fourth-order valence-electron chi connectivity index (χ4n) is 4.20. The summed E-state index contributed by atoms with van der Waals surface area (Å²) in [5.41, 5.74) is -0.332. The molecule has 8 nitrogen and oxygen atoms in total. The van der Waals surface area contributed by atoms with E-state index in [-0.39, 0.29) is 11.5 Å². The maximum absolute atomic E-state index is 13.0. The quantitative estimate of drug-likeness (QED) is 0.758. The van der Waals surface area contributed by atoms with E-state index in [1.807, 2.05) is 23.7 Å². The van der Waals surface area contributed by atoms with Gasteiger partial charge >= 0.3 is 0 Å². The lowest BCUT2D eigenvalue weighted by molar-refractivity contribution is -0.136. The van der Waals surface area contributed by atoms with Crippen LogP contribution in [-0.4, -0.2) is 76.8 Å². The second kappa shape index (κ2) is 7.78. The van der Waals surface area contributed by atoms with Gasteiger partial charge in [-0.1, -0.05) is 19.3 Å². The van der Waals surface area contributed by atoms with Crippen LogP contribution in [0, 0.1) is 5.92 Å². The van der Waals surface area contributed by atoms with Crippen LogP contribution < -0.4 is 0 Å². The first kappa shape index (κ1) is 18.3. The highest BCUT2D eigenvalue weighted by atomic mass is 16.5. The normalized spacial score (nSPS) is 25.0. The summed E-state index contributed by atoms with van der Waals surface area (Å²) in [7, 11) is 5.76. The molecular formula is C17H30N6O2. The molecule has 0 bridgehead atoms. The Hall–Kier alpha value is -1.54. The number of likely N-dealkylation sites (tertiary alicyclic amines) is 1. The number of ether oxygens (including phenoxy) is 1. The highest BCUT2D eigenvalue weighted by Crippen LogP contribution is 2.37. The van der Waals surface area contributed by atoms with E-state index in [1.165, 1.54) is 19.3 Å². The molecule has 140 valence electrons. The SMILES string of the molecule is COCCn1nnnc1C1(N(C)C)CCN(C(=O)C2CCCCC2)C1. The van der Waals surface area contributed by atoms with Gasteiger partial charge in [0.15, 0.2) is 5.82 Å². The van der Waals surface area contributed by atoms with Gasteiger partial charge in [0.05, 0.1) is 13.2 Å². The van der Waals surface area contributed by atoms with Crippen molar-refractivity contribution in [2.45, 2.75) is 50.6 Å². The van der Waals surface area contributed by atoms with Crippen molar-refractivity contribution in [2.24, 2.45) is 5.92 Å². The third-order valence-corrected chi connectivity index (χ3v) is 5.83. The number of hydrogen-bond acceptors (Lipinski definition) is 6. The molecule has 2 aliphatic rings. The number of hydrogen-bond donors (Lipinski definition) is 0. The lowest BCUT2D eigenvalue weighted by Gasteiger charge is -2.35. The summed E-state index contributed by atoms with van der Waals surface area (Å²) in [5.74, 6) is 1.35. The van der Waals surface area contributed by atoms with Crippen LogP contribution in [-0.2, 0) is 21.6 Å². The summed E-state index contributed by atoms with van der Waals surface area (Å²) in [6.45, 7) is 2.60. The molecule has 2 heterocycles. The highest BCUT2D eigenvalue weighted by Gasteiger charge is 2.47. The van der Waals surface area contributed by atoms with Crippen molar-refractivity contribution < 1.29 is 9.53 Å². The van der Waals surface area contributed by atoms with Crippen molar-refractivity contribution in [3.05, 3.63) is 5.82 Å². The lowest BCUT2D eigenvalue weighted by atomic mass is 9.88. The van der Waals surface area contributed by atoms with Gasteiger partial charge in [-0.15, -0.1) is 5.10 Å². The number of carbonyl (C=O) groups is 1. The van der Waals surface area contributed by atoms with Crippen LogP contribution in [0.25, 0.3) is 0 Å². The molecule has 0 spiro atoms. The topological polar surface area (TPSA) is 76.4 Å². The van der Waals surface area contributed by atoms with Crippen molar-refractivity contribution >= 4 is 5.91 Å². The average molecular weight is 350 g/mol. The number of nitrogens with zero attached hydrogens (tertiary/aromatic N) is 6. The maximum atomic E-state index is 13.0. The van der Waals surface area contributed by atoms with Crippen LogP contribution >= 0.6 is 0 Å². The van der Waals surface area contributed by atoms with Gasteiger partial charge in [0.1, 0.15) is 5.54 Å². The molecule has 8 heteroatoms. The summed E-state index contributed by atoms with van der Waals surface area (Å²) in [6.07, 6.45) is 6.55. The van der Waals surface area contributed by atoms with E-state index >= 15 is 0 Å². The van der Waals surface area contributed by atoms with Crippen molar-refractivity contribution in [3.63, 3.8) is 0 Å². The molecule has 0 radical (unpaired) electrons. The van der Waals surface area contributed by atoms with Gasteiger partial charge in [0, 0.05) is 26.1 Å². The fourth-order valence-corrected chi connectivity index (χ4v) is 4.20. The Morgan fingerprint density at radius 1 is 1.32 bits per heavy atom. The van der Waals surface area contributed by atoms with Crippen molar-refractivity contribution in [2.75, 3.05) is 40.9 Å². The van der Waals surface area contributed by atoms with E-state index in [0.717, 1.165) is 31.6 Å². The summed E-state index contributed by atoms with van der Waals surface area (Å²) in [5, 5.41) is 12.3. The number of tetrazole rings is 1. The first-order valence-electron chi connectivity index (χ1n) is 9.30. The zero-order valence-electron chi connectivity index (χ0n) is 15.6. The Bertz CT molecular complexity index is 583. The molecule has 1 atom stereocenters. The molecule has 25 heavy (non-hydrogen) atoms. The minimum atomic E-state index is -0.332. The number of carbonyl (C=O) groups excluding carboxylic acids is 1. The molecule has 0 N–H and O–H groups in total. The number of methoxy groups -OCH3 is 1. The second-order valence-electron chi connectivity index (χ2n) is 7.49. The van der Waals surface area contributed by atoms with E-state index in [0.29, 0.717) is 25.6 Å². The highest BCUT2D eigenvalue weighted by molar-refractivity contribution is 5.79. The molecule has 1 aliphatic heterocycles. The largest absolute Gasteiger partial charge is 0.383 e. The summed E-state index contributed by atoms with van der Waals surface area (Å²) >= 11 is 0. The Morgan fingerprint density at radius 2 is 2.08 bits per heavy atom. The summed E-state index contributed by atoms with van der Waals surface area (Å²) in [4.78, 5) is 17.2. The molecule has 2 fully saturated rings. The Balaban J connectivity index is 1.78. The Morgan fingerprint density at radius 3 is 2.76 bits per heavy atom. The number of aromatic nitrogens is 4. The monoisotopic (exact) mass is 350 g/mol. The zero-order chi connectivity index (χ0) is 17.9. The Labute approximate surface area is 149 Å². The molecule has 3 rings (SSSR count). The van der Waals surface area contributed by atoms with Gasteiger partial charge in [-0.25, -0.2) is 4.68 Å². The fraction of sp³-hybridized carbons (Fsp3) is 0.882. The summed E-state index contributed by atoms with van der Waals surface area (Å²) < 4.78 is 6.99. The third-order valence-electron chi connectivity index (χ3n) is 5.83. The molecule has 1 aromatic rings. The first-order valence-corrected chi connectivity index (χ1v) is 9.30. The van der Waals surface area contributed by atoms with Gasteiger partial charge in [-0.05, 0) is 43.8 Å². The number of likely N-dealkylation sites (N-methyl/N-ethyl adjacent to an activating group) is 1. The standard InChI is InChI=1S/C17H30N6O2/c1-21(2)17(16-18-19-20-23(16)11-12-25-3)9-10-22(13-17)15(24)14-7-5-4-6-8-14/h14H,4-13H2,1-3H3. The summed E-state index contributed by atoms with van der Waals surface area (Å²) in [6, 6.07) is 0.